The molecule has 1 aromatic carbocycles. The Morgan fingerprint density at radius 3 is 2.82 bits per heavy atom. The van der Waals surface area contributed by atoms with E-state index in [1.165, 1.54) is 0 Å². The Morgan fingerprint density at radius 1 is 1.47 bits per heavy atom. The van der Waals surface area contributed by atoms with Crippen molar-refractivity contribution in [3.63, 3.8) is 0 Å². The van der Waals surface area contributed by atoms with Crippen LogP contribution in [0.25, 0.3) is 10.9 Å². The first kappa shape index (κ1) is 11.7. The van der Waals surface area contributed by atoms with Gasteiger partial charge in [0.25, 0.3) is 0 Å². The fourth-order valence-corrected chi connectivity index (χ4v) is 2.02. The molecule has 0 amide bonds. The molecule has 0 atom stereocenters. The lowest BCUT2D eigenvalue weighted by molar-refractivity contribution is -0.136. The van der Waals surface area contributed by atoms with Gasteiger partial charge in [0.15, 0.2) is 5.43 Å². The van der Waals surface area contributed by atoms with Crippen LogP contribution in [0.4, 0.5) is 0 Å². The minimum absolute atomic E-state index is 0.271. The van der Waals surface area contributed by atoms with Crippen LogP contribution in [0.5, 0.6) is 0 Å². The van der Waals surface area contributed by atoms with Crippen molar-refractivity contribution < 1.29 is 9.90 Å². The number of H-pyrrole nitrogens is 1. The third kappa shape index (κ3) is 2.03. The number of hydrogen-bond donors (Lipinski definition) is 2. The van der Waals surface area contributed by atoms with Gasteiger partial charge in [0.1, 0.15) is 0 Å². The zero-order valence-corrected chi connectivity index (χ0v) is 9.84. The van der Waals surface area contributed by atoms with Crippen LogP contribution in [0.15, 0.2) is 23.0 Å². The first-order valence-corrected chi connectivity index (χ1v) is 5.40. The number of aliphatic carboxylic acids is 1. The van der Waals surface area contributed by atoms with Crippen LogP contribution in [0.1, 0.15) is 11.3 Å². The smallest absolute Gasteiger partial charge is 0.308 e. The molecule has 0 aliphatic heterocycles. The van der Waals surface area contributed by atoms with Gasteiger partial charge in [-0.05, 0) is 19.1 Å². The van der Waals surface area contributed by atoms with Gasteiger partial charge in [0.05, 0.1) is 17.0 Å². The number of nitrogens with one attached hydrogen (secondary N) is 1. The summed E-state index contributed by atoms with van der Waals surface area (Å²) in [7, 11) is 0. The Kier molecular flexibility index (Phi) is 2.90. The molecule has 2 rings (SSSR count). The second-order valence-corrected chi connectivity index (χ2v) is 4.20. The largest absolute Gasteiger partial charge is 0.481 e. The summed E-state index contributed by atoms with van der Waals surface area (Å²) in [6.45, 7) is 1.67. The number of hydrogen-bond acceptors (Lipinski definition) is 2. The van der Waals surface area contributed by atoms with E-state index in [9.17, 15) is 9.59 Å². The van der Waals surface area contributed by atoms with Crippen molar-refractivity contribution in [2.24, 2.45) is 0 Å². The van der Waals surface area contributed by atoms with E-state index in [1.54, 1.807) is 25.1 Å². The molecule has 0 bridgehead atoms. The summed E-state index contributed by atoms with van der Waals surface area (Å²) in [5, 5.41) is 9.63. The molecule has 0 saturated carbocycles. The van der Waals surface area contributed by atoms with Crippen molar-refractivity contribution in [2.75, 3.05) is 0 Å². The summed E-state index contributed by atoms with van der Waals surface area (Å²) in [4.78, 5) is 25.8. The number of carbonyl (C=O) groups is 1. The van der Waals surface area contributed by atoms with E-state index < -0.39 is 5.97 Å². The Balaban J connectivity index is 2.81. The highest BCUT2D eigenvalue weighted by molar-refractivity contribution is 6.35. The quantitative estimate of drug-likeness (QED) is 0.859. The molecule has 2 aromatic rings. The van der Waals surface area contributed by atoms with E-state index in [-0.39, 0.29) is 17.4 Å². The van der Waals surface area contributed by atoms with Gasteiger partial charge in [-0.25, -0.2) is 0 Å². The second kappa shape index (κ2) is 4.22. The summed E-state index contributed by atoms with van der Waals surface area (Å²) in [6, 6.07) is 4.97. The molecule has 2 N–H and O–H groups in total. The number of fused-ring (bicyclic) bond motifs is 1. The molecule has 17 heavy (non-hydrogen) atoms. The van der Waals surface area contributed by atoms with Crippen LogP contribution in [0.3, 0.4) is 0 Å². The van der Waals surface area contributed by atoms with E-state index in [1.807, 2.05) is 0 Å². The van der Waals surface area contributed by atoms with Crippen LogP contribution in [-0.4, -0.2) is 16.1 Å². The summed E-state index contributed by atoms with van der Waals surface area (Å²) < 4.78 is 0. The first-order chi connectivity index (χ1) is 8.00. The molecule has 4 nitrogen and oxygen atoms in total. The monoisotopic (exact) mass is 251 g/mol. The van der Waals surface area contributed by atoms with Crippen LogP contribution in [-0.2, 0) is 11.2 Å². The number of benzene rings is 1. The topological polar surface area (TPSA) is 70.2 Å². The predicted octanol–water partition coefficient (Wildman–Crippen LogP) is 2.12. The minimum Gasteiger partial charge on any atom is -0.481 e. The number of carboxylic acid groups (broad SMARTS) is 1. The highest BCUT2D eigenvalue weighted by atomic mass is 35.5. The normalized spacial score (nSPS) is 10.7. The van der Waals surface area contributed by atoms with Crippen molar-refractivity contribution in [1.29, 1.82) is 0 Å². The molecule has 0 fully saturated rings. The van der Waals surface area contributed by atoms with Gasteiger partial charge in [-0.1, -0.05) is 17.7 Å². The zero-order chi connectivity index (χ0) is 12.6. The summed E-state index contributed by atoms with van der Waals surface area (Å²) in [5.74, 6) is -1.03. The predicted molar refractivity (Wildman–Crippen MR) is 65.7 cm³/mol. The number of aromatic nitrogens is 1. The Morgan fingerprint density at radius 2 is 2.18 bits per heavy atom. The summed E-state index contributed by atoms with van der Waals surface area (Å²) in [5.41, 5.74) is 1.08. The number of halogens is 1. The van der Waals surface area contributed by atoms with Crippen molar-refractivity contribution in [3.8, 4) is 0 Å². The molecule has 0 aliphatic carbocycles. The van der Waals surface area contributed by atoms with Crippen molar-refractivity contribution in [3.05, 3.63) is 44.7 Å². The van der Waals surface area contributed by atoms with Crippen molar-refractivity contribution in [1.82, 2.24) is 4.98 Å². The summed E-state index contributed by atoms with van der Waals surface area (Å²) >= 11 is 5.97. The highest BCUT2D eigenvalue weighted by Gasteiger charge is 2.13. The Hall–Kier alpha value is -1.81. The molecule has 5 heteroatoms. The lowest BCUT2D eigenvalue weighted by Crippen LogP contribution is -2.17. The van der Waals surface area contributed by atoms with E-state index in [4.69, 9.17) is 16.7 Å². The highest BCUT2D eigenvalue weighted by Crippen LogP contribution is 2.20. The van der Waals surface area contributed by atoms with Gasteiger partial charge in [-0.2, -0.15) is 0 Å². The maximum absolute atomic E-state index is 12.1. The van der Waals surface area contributed by atoms with Gasteiger partial charge in [0, 0.05) is 16.6 Å². The SMILES string of the molecule is Cc1[nH]c2c(Cl)cccc2c(=O)c1CC(=O)O. The van der Waals surface area contributed by atoms with E-state index in [0.29, 0.717) is 21.6 Å². The third-order valence-corrected chi connectivity index (χ3v) is 2.94. The number of carboxylic acids is 1. The van der Waals surface area contributed by atoms with Crippen LogP contribution >= 0.6 is 11.6 Å². The zero-order valence-electron chi connectivity index (χ0n) is 9.08. The Labute approximate surface area is 102 Å². The number of pyridine rings is 1. The lowest BCUT2D eigenvalue weighted by atomic mass is 10.1. The maximum atomic E-state index is 12.1. The molecule has 1 aromatic heterocycles. The average molecular weight is 252 g/mol. The average Bonchev–Trinajstić information content (AvgIpc) is 2.26. The standard InChI is InChI=1S/C12H10ClNO3/c1-6-8(5-10(15)16)12(17)7-3-2-4-9(13)11(7)14-6/h2-4H,5H2,1H3,(H,14,17)(H,15,16). The van der Waals surface area contributed by atoms with Gasteiger partial charge in [-0.15, -0.1) is 0 Å². The van der Waals surface area contributed by atoms with E-state index in [0.717, 1.165) is 0 Å². The van der Waals surface area contributed by atoms with Crippen LogP contribution in [0.2, 0.25) is 5.02 Å². The van der Waals surface area contributed by atoms with E-state index in [2.05, 4.69) is 4.98 Å². The molecule has 0 radical (unpaired) electrons. The summed E-state index contributed by atoms with van der Waals surface area (Å²) in [6.07, 6.45) is -0.288. The first-order valence-electron chi connectivity index (χ1n) is 5.02. The van der Waals surface area contributed by atoms with Crippen molar-refractivity contribution >= 4 is 28.5 Å². The van der Waals surface area contributed by atoms with Gasteiger partial charge in [0.2, 0.25) is 0 Å². The number of aromatic amines is 1. The molecular weight excluding hydrogens is 242 g/mol. The van der Waals surface area contributed by atoms with Gasteiger partial charge < -0.3 is 10.1 Å². The molecule has 0 aliphatic rings. The molecule has 1 heterocycles. The van der Waals surface area contributed by atoms with Gasteiger partial charge in [-0.3, -0.25) is 9.59 Å². The number of rotatable bonds is 2. The van der Waals surface area contributed by atoms with E-state index >= 15 is 0 Å². The van der Waals surface area contributed by atoms with Crippen LogP contribution in [0, 0.1) is 6.92 Å². The molecule has 0 spiro atoms. The third-order valence-electron chi connectivity index (χ3n) is 2.63. The minimum atomic E-state index is -1.03. The molecule has 0 saturated heterocycles. The molecular formula is C12H10ClNO3. The molecule has 88 valence electrons. The number of aryl methyl sites for hydroxylation is 1. The molecule has 0 unspecified atom stereocenters. The van der Waals surface area contributed by atoms with Gasteiger partial charge >= 0.3 is 5.97 Å². The number of para-hydroxylation sites is 1. The fourth-order valence-electron chi connectivity index (χ4n) is 1.80. The Bertz CT molecular complexity index is 661. The fraction of sp³-hybridized carbons (Fsp3) is 0.167. The maximum Gasteiger partial charge on any atom is 0.308 e. The van der Waals surface area contributed by atoms with Crippen LogP contribution < -0.4 is 5.43 Å². The van der Waals surface area contributed by atoms with Crippen molar-refractivity contribution in [2.45, 2.75) is 13.3 Å². The lowest BCUT2D eigenvalue weighted by Gasteiger charge is -2.07. The second-order valence-electron chi connectivity index (χ2n) is 3.79.